The third kappa shape index (κ3) is 2.41. The molecule has 1 spiro atoms. The highest BCUT2D eigenvalue weighted by Gasteiger charge is 2.66. The van der Waals surface area contributed by atoms with Crippen LogP contribution in [-0.4, -0.2) is 55.0 Å². The van der Waals surface area contributed by atoms with Crippen LogP contribution in [0.2, 0.25) is 0 Å². The summed E-state index contributed by atoms with van der Waals surface area (Å²) in [5.41, 5.74) is 0. The van der Waals surface area contributed by atoms with Crippen LogP contribution in [0.1, 0.15) is 47.0 Å². The highest BCUT2D eigenvalue weighted by atomic mass is 16.8. The summed E-state index contributed by atoms with van der Waals surface area (Å²) >= 11 is 0. The van der Waals surface area contributed by atoms with E-state index in [1.54, 1.807) is 0 Å². The molecule has 0 aromatic carbocycles. The SMILES string of the molecule is CC1(C)OC[C@H]([C@H]2O[C@@]3(CCCCO3)[C@H]3OC(C)(C)O[C@@H]23)O1. The first kappa shape index (κ1) is 15.3. The van der Waals surface area contributed by atoms with E-state index in [0.717, 1.165) is 19.3 Å². The van der Waals surface area contributed by atoms with Crippen molar-refractivity contribution in [3.05, 3.63) is 0 Å². The maximum Gasteiger partial charge on any atom is 0.198 e. The molecule has 0 unspecified atom stereocenters. The van der Waals surface area contributed by atoms with Gasteiger partial charge in [0, 0.05) is 6.42 Å². The van der Waals surface area contributed by atoms with E-state index in [1.807, 2.05) is 27.7 Å². The van der Waals surface area contributed by atoms with Gasteiger partial charge in [-0.3, -0.25) is 0 Å². The minimum atomic E-state index is -0.697. The predicted octanol–water partition coefficient (Wildman–Crippen LogP) is 1.95. The van der Waals surface area contributed by atoms with Crippen LogP contribution in [0.15, 0.2) is 0 Å². The molecular weight excluding hydrogens is 288 g/mol. The Bertz CT molecular complexity index is 442. The van der Waals surface area contributed by atoms with Crippen LogP contribution in [-0.2, 0) is 28.4 Å². The van der Waals surface area contributed by atoms with Crippen LogP contribution in [0.25, 0.3) is 0 Å². The van der Waals surface area contributed by atoms with Gasteiger partial charge in [-0.25, -0.2) is 0 Å². The molecule has 0 bridgehead atoms. The maximum absolute atomic E-state index is 6.35. The van der Waals surface area contributed by atoms with Gasteiger partial charge in [-0.2, -0.15) is 0 Å². The van der Waals surface area contributed by atoms with Crippen LogP contribution in [0.3, 0.4) is 0 Å². The molecule has 0 aromatic heterocycles. The fourth-order valence-corrected chi connectivity index (χ4v) is 4.01. The van der Waals surface area contributed by atoms with Crippen molar-refractivity contribution >= 4 is 0 Å². The topological polar surface area (TPSA) is 55.4 Å². The summed E-state index contributed by atoms with van der Waals surface area (Å²) in [7, 11) is 0. The minimum Gasteiger partial charge on any atom is -0.348 e. The lowest BCUT2D eigenvalue weighted by atomic mass is 9.97. The maximum atomic E-state index is 6.35. The third-order valence-electron chi connectivity index (χ3n) is 4.88. The van der Waals surface area contributed by atoms with Crippen LogP contribution in [0, 0.1) is 0 Å². The molecule has 22 heavy (non-hydrogen) atoms. The summed E-state index contributed by atoms with van der Waals surface area (Å²) in [5, 5.41) is 0. The molecule has 6 heteroatoms. The van der Waals surface area contributed by atoms with Gasteiger partial charge in [0.1, 0.15) is 24.4 Å². The molecule has 6 nitrogen and oxygen atoms in total. The van der Waals surface area contributed by atoms with Gasteiger partial charge in [0.2, 0.25) is 0 Å². The number of rotatable bonds is 1. The van der Waals surface area contributed by atoms with Crippen LogP contribution in [0.4, 0.5) is 0 Å². The summed E-state index contributed by atoms with van der Waals surface area (Å²) in [6.45, 7) is 8.92. The highest BCUT2D eigenvalue weighted by molar-refractivity contribution is 5.06. The summed E-state index contributed by atoms with van der Waals surface area (Å²) in [6, 6.07) is 0. The fourth-order valence-electron chi connectivity index (χ4n) is 4.01. The smallest absolute Gasteiger partial charge is 0.198 e. The van der Waals surface area contributed by atoms with Gasteiger partial charge in [-0.05, 0) is 40.5 Å². The molecule has 4 rings (SSSR count). The Morgan fingerprint density at radius 1 is 0.773 bits per heavy atom. The highest BCUT2D eigenvalue weighted by Crippen LogP contribution is 2.50. The van der Waals surface area contributed by atoms with Crippen LogP contribution in [0.5, 0.6) is 0 Å². The zero-order valence-electron chi connectivity index (χ0n) is 13.8. The van der Waals surface area contributed by atoms with Crippen LogP contribution < -0.4 is 0 Å². The van der Waals surface area contributed by atoms with E-state index in [0.29, 0.717) is 13.2 Å². The van der Waals surface area contributed by atoms with Gasteiger partial charge in [-0.1, -0.05) is 0 Å². The Kier molecular flexibility index (Phi) is 3.39. The number of hydrogen-bond donors (Lipinski definition) is 0. The Balaban J connectivity index is 1.60. The van der Waals surface area contributed by atoms with Crippen molar-refractivity contribution in [2.75, 3.05) is 13.2 Å². The number of fused-ring (bicyclic) bond motifs is 2. The Morgan fingerprint density at radius 2 is 1.59 bits per heavy atom. The molecule has 4 aliphatic heterocycles. The first-order valence-corrected chi connectivity index (χ1v) is 8.30. The standard InChI is InChI=1S/C16H26O6/c1-14(2)18-9-10(19-14)11-12-13(22-15(3,4)20-12)16(21-11)7-5-6-8-17-16/h10-13H,5-9H2,1-4H3/t10-,11-,12+,13+,16+/m1/s1. The Hall–Kier alpha value is -0.240. The van der Waals surface area contributed by atoms with E-state index in [-0.39, 0.29) is 24.4 Å². The molecule has 0 radical (unpaired) electrons. The van der Waals surface area contributed by atoms with Crippen LogP contribution >= 0.6 is 0 Å². The molecular formula is C16H26O6. The van der Waals surface area contributed by atoms with E-state index in [9.17, 15) is 0 Å². The summed E-state index contributed by atoms with van der Waals surface area (Å²) in [4.78, 5) is 0. The van der Waals surface area contributed by atoms with Crippen molar-refractivity contribution in [1.82, 2.24) is 0 Å². The van der Waals surface area contributed by atoms with E-state index < -0.39 is 17.4 Å². The van der Waals surface area contributed by atoms with Gasteiger partial charge in [0.05, 0.1) is 13.2 Å². The molecule has 4 fully saturated rings. The number of ether oxygens (including phenoxy) is 6. The van der Waals surface area contributed by atoms with Crippen molar-refractivity contribution in [3.63, 3.8) is 0 Å². The number of hydrogen-bond acceptors (Lipinski definition) is 6. The van der Waals surface area contributed by atoms with Crippen molar-refractivity contribution in [2.24, 2.45) is 0 Å². The van der Waals surface area contributed by atoms with Crippen molar-refractivity contribution < 1.29 is 28.4 Å². The predicted molar refractivity (Wildman–Crippen MR) is 76.1 cm³/mol. The average molecular weight is 314 g/mol. The van der Waals surface area contributed by atoms with E-state index in [4.69, 9.17) is 28.4 Å². The second-order valence-corrected chi connectivity index (χ2v) is 7.59. The molecule has 4 saturated heterocycles. The lowest BCUT2D eigenvalue weighted by Gasteiger charge is -2.37. The largest absolute Gasteiger partial charge is 0.348 e. The van der Waals surface area contributed by atoms with Gasteiger partial charge in [-0.15, -0.1) is 0 Å². The monoisotopic (exact) mass is 314 g/mol. The van der Waals surface area contributed by atoms with Gasteiger partial charge < -0.3 is 28.4 Å². The van der Waals surface area contributed by atoms with Gasteiger partial charge in [0.15, 0.2) is 17.4 Å². The zero-order valence-corrected chi connectivity index (χ0v) is 13.8. The Labute approximate surface area is 131 Å². The normalized spacial score (nSPS) is 49.6. The van der Waals surface area contributed by atoms with Crippen molar-refractivity contribution in [2.45, 2.75) is 88.7 Å². The fraction of sp³-hybridized carbons (Fsp3) is 1.00. The molecule has 4 aliphatic rings. The molecule has 4 heterocycles. The van der Waals surface area contributed by atoms with E-state index >= 15 is 0 Å². The van der Waals surface area contributed by atoms with Crippen molar-refractivity contribution in [3.8, 4) is 0 Å². The second-order valence-electron chi connectivity index (χ2n) is 7.59. The average Bonchev–Trinajstić information content (AvgIpc) is 3.04. The quantitative estimate of drug-likeness (QED) is 0.737. The van der Waals surface area contributed by atoms with E-state index in [1.165, 1.54) is 0 Å². The van der Waals surface area contributed by atoms with E-state index in [2.05, 4.69) is 0 Å². The Morgan fingerprint density at radius 3 is 2.23 bits per heavy atom. The lowest BCUT2D eigenvalue weighted by Crippen LogP contribution is -2.47. The molecule has 5 atom stereocenters. The summed E-state index contributed by atoms with van der Waals surface area (Å²) in [5.74, 6) is -1.90. The second kappa shape index (κ2) is 4.88. The molecule has 0 aliphatic carbocycles. The molecule has 0 saturated carbocycles. The molecule has 126 valence electrons. The molecule has 0 N–H and O–H groups in total. The zero-order chi connectivity index (χ0) is 15.6. The minimum absolute atomic E-state index is 0.162. The first-order chi connectivity index (χ1) is 10.3. The molecule has 0 aromatic rings. The summed E-state index contributed by atoms with van der Waals surface area (Å²) in [6.07, 6.45) is 2.19. The first-order valence-electron chi connectivity index (χ1n) is 8.30. The summed E-state index contributed by atoms with van der Waals surface area (Å²) < 4.78 is 36.4. The molecule has 0 amide bonds. The van der Waals surface area contributed by atoms with Gasteiger partial charge in [0.25, 0.3) is 0 Å². The lowest BCUT2D eigenvalue weighted by molar-refractivity contribution is -0.312. The van der Waals surface area contributed by atoms with Crippen molar-refractivity contribution in [1.29, 1.82) is 0 Å². The van der Waals surface area contributed by atoms with Gasteiger partial charge >= 0.3 is 0 Å². The third-order valence-corrected chi connectivity index (χ3v) is 4.88.